The minimum absolute atomic E-state index is 0.0513. The van der Waals surface area contributed by atoms with Crippen molar-refractivity contribution in [2.24, 2.45) is 9.50 Å². The quantitative estimate of drug-likeness (QED) is 0.631. The van der Waals surface area contributed by atoms with E-state index in [1.807, 2.05) is 0 Å². The Morgan fingerprint density at radius 3 is 2.57 bits per heavy atom. The van der Waals surface area contributed by atoms with E-state index in [-0.39, 0.29) is 30.0 Å². The van der Waals surface area contributed by atoms with Gasteiger partial charge in [-0.15, -0.1) is 4.36 Å². The number of carbonyl (C=O) groups excluding carboxylic acids is 1. The summed E-state index contributed by atoms with van der Waals surface area (Å²) in [6.07, 6.45) is 5.00. The smallest absolute Gasteiger partial charge is 0.354 e. The topological polar surface area (TPSA) is 132 Å². The molecule has 2 amide bonds. The predicted octanol–water partition coefficient (Wildman–Crippen LogP) is 1.70. The number of aliphatic hydroxyl groups excluding tert-OH is 1. The molecule has 0 saturated carbocycles. The number of benzene rings is 1. The number of nitrogens with one attached hydrogen (secondary N) is 1. The van der Waals surface area contributed by atoms with Gasteiger partial charge in [-0.05, 0) is 47.9 Å². The van der Waals surface area contributed by atoms with Crippen molar-refractivity contribution in [2.75, 3.05) is 18.5 Å². The second-order valence-electron chi connectivity index (χ2n) is 7.10. The number of carbonyl (C=O) groups is 1. The molecule has 28 heavy (non-hydrogen) atoms. The first-order valence-corrected chi connectivity index (χ1v) is 11.3. The van der Waals surface area contributed by atoms with Crippen molar-refractivity contribution in [3.8, 4) is 5.88 Å². The lowest BCUT2D eigenvalue weighted by Crippen LogP contribution is -2.25. The molecule has 0 fully saturated rings. The van der Waals surface area contributed by atoms with Gasteiger partial charge in [0.15, 0.2) is 9.92 Å². The number of urea groups is 1. The van der Waals surface area contributed by atoms with Crippen molar-refractivity contribution >= 4 is 37.6 Å². The van der Waals surface area contributed by atoms with Gasteiger partial charge < -0.3 is 15.2 Å². The number of fused-ring (bicyclic) bond motifs is 3. The van der Waals surface area contributed by atoms with Crippen molar-refractivity contribution in [3.05, 3.63) is 32.9 Å². The molecule has 2 heterocycles. The molecule has 0 radical (unpaired) electrons. The van der Waals surface area contributed by atoms with Crippen molar-refractivity contribution < 1.29 is 18.8 Å². The second kappa shape index (κ2) is 6.28. The SMILES string of the molecule is NS(=O)(=NC(=O)Nc1c2c(c(Br)c3c1CC3)CC2)c1cnn2c1OC[C@@H]2CO. The molecule has 0 saturated heterocycles. The van der Waals surface area contributed by atoms with Crippen LogP contribution < -0.4 is 15.2 Å². The number of ether oxygens (including phenoxy) is 1. The first-order valence-electron chi connectivity index (χ1n) is 8.92. The summed E-state index contributed by atoms with van der Waals surface area (Å²) < 4.78 is 24.7. The number of nitrogens with zero attached hydrogens (tertiary/aromatic N) is 3. The minimum atomic E-state index is -3.55. The van der Waals surface area contributed by atoms with Crippen molar-refractivity contribution in [1.82, 2.24) is 9.78 Å². The van der Waals surface area contributed by atoms with Crippen LogP contribution in [0.5, 0.6) is 5.88 Å². The van der Waals surface area contributed by atoms with E-state index in [1.54, 1.807) is 0 Å². The maximum Gasteiger partial charge on any atom is 0.354 e. The Bertz CT molecular complexity index is 1120. The molecule has 1 aliphatic heterocycles. The van der Waals surface area contributed by atoms with E-state index in [1.165, 1.54) is 22.0 Å². The summed E-state index contributed by atoms with van der Waals surface area (Å²) in [6, 6.07) is -1.12. The van der Waals surface area contributed by atoms with Crippen LogP contribution in [0.4, 0.5) is 10.5 Å². The van der Waals surface area contributed by atoms with Gasteiger partial charge in [-0.3, -0.25) is 0 Å². The molecule has 2 aliphatic carbocycles. The molecule has 11 heteroatoms. The zero-order valence-electron chi connectivity index (χ0n) is 14.8. The molecule has 2 aromatic rings. The normalized spacial score (nSPS) is 20.6. The van der Waals surface area contributed by atoms with Gasteiger partial charge in [-0.1, -0.05) is 15.9 Å². The molecule has 4 N–H and O–H groups in total. The van der Waals surface area contributed by atoms with E-state index in [2.05, 4.69) is 30.7 Å². The van der Waals surface area contributed by atoms with Gasteiger partial charge in [0, 0.05) is 10.2 Å². The number of nitrogens with two attached hydrogens (primary N) is 1. The molecular weight excluding hydrogens is 450 g/mol. The molecule has 0 spiro atoms. The summed E-state index contributed by atoms with van der Waals surface area (Å²) in [5.74, 6) is 0.180. The van der Waals surface area contributed by atoms with Gasteiger partial charge in [0.2, 0.25) is 5.88 Å². The van der Waals surface area contributed by atoms with E-state index < -0.39 is 15.9 Å². The highest BCUT2D eigenvalue weighted by atomic mass is 79.9. The number of hydrogen-bond donors (Lipinski definition) is 3. The monoisotopic (exact) mass is 467 g/mol. The maximum atomic E-state index is 12.9. The average Bonchev–Trinajstić information content (AvgIpc) is 3.12. The fraction of sp³-hybridized carbons (Fsp3) is 0.412. The van der Waals surface area contributed by atoms with Crippen LogP contribution in [-0.2, 0) is 35.6 Å². The fourth-order valence-electron chi connectivity index (χ4n) is 3.91. The Hall–Kier alpha value is -1.95. The summed E-state index contributed by atoms with van der Waals surface area (Å²) in [5, 5.41) is 22.1. The highest BCUT2D eigenvalue weighted by Gasteiger charge is 2.33. The summed E-state index contributed by atoms with van der Waals surface area (Å²) in [5.41, 5.74) is 5.45. The molecule has 2 atom stereocenters. The lowest BCUT2D eigenvalue weighted by Gasteiger charge is -2.33. The van der Waals surface area contributed by atoms with Crippen molar-refractivity contribution in [1.29, 1.82) is 0 Å². The third-order valence-corrected chi connectivity index (χ3v) is 7.87. The lowest BCUT2D eigenvalue weighted by atomic mass is 9.76. The van der Waals surface area contributed by atoms with Crippen molar-refractivity contribution in [2.45, 2.75) is 36.6 Å². The van der Waals surface area contributed by atoms with Crippen LogP contribution in [0, 0.1) is 0 Å². The third kappa shape index (κ3) is 2.53. The number of anilines is 1. The van der Waals surface area contributed by atoms with Crippen LogP contribution >= 0.6 is 15.9 Å². The molecule has 3 aliphatic rings. The maximum absolute atomic E-state index is 12.9. The second-order valence-corrected chi connectivity index (χ2v) is 9.65. The average molecular weight is 468 g/mol. The van der Waals surface area contributed by atoms with Gasteiger partial charge >= 0.3 is 6.03 Å². The molecular formula is C17H18BrN5O4S. The number of rotatable bonds is 3. The number of aromatic nitrogens is 2. The molecule has 1 aromatic heterocycles. The zero-order valence-corrected chi connectivity index (χ0v) is 17.2. The lowest BCUT2D eigenvalue weighted by molar-refractivity contribution is 0.206. The molecule has 1 unspecified atom stereocenters. The fourth-order valence-corrected chi connectivity index (χ4v) is 5.78. The van der Waals surface area contributed by atoms with Gasteiger partial charge in [-0.25, -0.2) is 18.8 Å². The van der Waals surface area contributed by atoms with Crippen LogP contribution in [0.15, 0.2) is 19.9 Å². The molecule has 9 nitrogen and oxygen atoms in total. The predicted molar refractivity (Wildman–Crippen MR) is 105 cm³/mol. The molecule has 148 valence electrons. The Labute approximate surface area is 169 Å². The van der Waals surface area contributed by atoms with Gasteiger partial charge in [0.25, 0.3) is 0 Å². The van der Waals surface area contributed by atoms with Crippen LogP contribution in [0.2, 0.25) is 0 Å². The van der Waals surface area contributed by atoms with E-state index in [0.29, 0.717) is 0 Å². The summed E-state index contributed by atoms with van der Waals surface area (Å²) in [4.78, 5) is 12.6. The van der Waals surface area contributed by atoms with Crippen LogP contribution in [0.25, 0.3) is 0 Å². The van der Waals surface area contributed by atoms with E-state index >= 15 is 0 Å². The molecule has 5 rings (SSSR count). The van der Waals surface area contributed by atoms with Gasteiger partial charge in [0.05, 0.1) is 12.8 Å². The van der Waals surface area contributed by atoms with Crippen LogP contribution in [0.3, 0.4) is 0 Å². The number of hydrogen-bond acceptors (Lipinski definition) is 5. The molecule has 1 aromatic carbocycles. The minimum Gasteiger partial charge on any atom is -0.475 e. The van der Waals surface area contributed by atoms with E-state index in [9.17, 15) is 14.1 Å². The highest BCUT2D eigenvalue weighted by molar-refractivity contribution is 9.10. The van der Waals surface area contributed by atoms with Crippen molar-refractivity contribution in [3.63, 3.8) is 0 Å². The summed E-state index contributed by atoms with van der Waals surface area (Å²) in [6.45, 7) is 0.0306. The largest absolute Gasteiger partial charge is 0.475 e. The number of aliphatic hydroxyl groups is 1. The van der Waals surface area contributed by atoms with Gasteiger partial charge in [0.1, 0.15) is 17.5 Å². The van der Waals surface area contributed by atoms with Gasteiger partial charge in [-0.2, -0.15) is 5.10 Å². The number of amides is 2. The first-order chi connectivity index (χ1) is 13.4. The Morgan fingerprint density at radius 1 is 1.36 bits per heavy atom. The number of halogens is 1. The first kappa shape index (κ1) is 18.1. The summed E-state index contributed by atoms with van der Waals surface area (Å²) in [7, 11) is -3.55. The molecule has 0 bridgehead atoms. The van der Waals surface area contributed by atoms with Crippen LogP contribution in [-0.4, -0.2) is 38.3 Å². The third-order valence-electron chi connectivity index (χ3n) is 5.56. The Kier molecular flexibility index (Phi) is 4.06. The Morgan fingerprint density at radius 2 is 2.00 bits per heavy atom. The summed E-state index contributed by atoms with van der Waals surface area (Å²) >= 11 is 3.65. The van der Waals surface area contributed by atoms with E-state index in [4.69, 9.17) is 9.88 Å². The van der Waals surface area contributed by atoms with E-state index in [0.717, 1.165) is 47.0 Å². The van der Waals surface area contributed by atoms with Crippen LogP contribution in [0.1, 0.15) is 28.3 Å². The highest BCUT2D eigenvalue weighted by Crippen LogP contribution is 2.46. The zero-order chi connectivity index (χ0) is 19.6. The Balaban J connectivity index is 1.47. The standard InChI is InChI=1S/C17H18BrN5O4S/c18-14-9-1-3-11(9)15(12-4-2-10(12)14)21-17(25)22-28(19,26)13-5-20-23-8(6-24)7-27-16(13)23/h5,8,24H,1-4,6-7H2,(H3,19,21,22,25,26)/t8-,28?/m0/s1.